The number of nitrogen functional groups attached to an aromatic ring is 1. The number of ether oxygens (including phenoxy) is 1. The van der Waals surface area contributed by atoms with E-state index < -0.39 is 0 Å². The van der Waals surface area contributed by atoms with Crippen LogP contribution in [-0.4, -0.2) is 11.5 Å². The van der Waals surface area contributed by atoms with Crippen LogP contribution in [0.2, 0.25) is 0 Å². The molecular formula is C17H24N2O2. The molecular weight excluding hydrogens is 264 g/mol. The summed E-state index contributed by atoms with van der Waals surface area (Å²) in [6.45, 7) is 4.11. The Morgan fingerprint density at radius 2 is 2.19 bits per heavy atom. The van der Waals surface area contributed by atoms with Crippen molar-refractivity contribution in [3.05, 3.63) is 23.8 Å². The lowest BCUT2D eigenvalue weighted by Crippen LogP contribution is -2.41. The predicted molar refractivity (Wildman–Crippen MR) is 83.0 cm³/mol. The number of hydrogen-bond donors (Lipinski definition) is 2. The Bertz CT molecular complexity index is 550. The van der Waals surface area contributed by atoms with Gasteiger partial charge in [-0.25, -0.2) is 0 Å². The third-order valence-corrected chi connectivity index (χ3v) is 4.53. The topological polar surface area (TPSA) is 64.4 Å². The lowest BCUT2D eigenvalue weighted by atomic mass is 9.82. The third-order valence-electron chi connectivity index (χ3n) is 4.53. The highest BCUT2D eigenvalue weighted by Crippen LogP contribution is 2.40. The summed E-state index contributed by atoms with van der Waals surface area (Å²) < 4.78 is 5.99. The molecule has 0 bridgehead atoms. The van der Waals surface area contributed by atoms with E-state index in [1.165, 1.54) is 19.3 Å². The van der Waals surface area contributed by atoms with Crippen LogP contribution in [0.1, 0.15) is 57.6 Å². The van der Waals surface area contributed by atoms with Gasteiger partial charge < -0.3 is 15.8 Å². The van der Waals surface area contributed by atoms with Crippen molar-refractivity contribution in [1.29, 1.82) is 0 Å². The Morgan fingerprint density at radius 1 is 1.43 bits per heavy atom. The van der Waals surface area contributed by atoms with Crippen LogP contribution in [0, 0.1) is 5.92 Å². The van der Waals surface area contributed by atoms with Crippen LogP contribution in [-0.2, 0) is 4.79 Å². The summed E-state index contributed by atoms with van der Waals surface area (Å²) in [5.74, 6) is 1.56. The molecule has 3 rings (SSSR count). The minimum absolute atomic E-state index is 0.0140. The molecule has 1 aromatic carbocycles. The lowest BCUT2D eigenvalue weighted by Gasteiger charge is -2.38. The zero-order chi connectivity index (χ0) is 15.0. The quantitative estimate of drug-likeness (QED) is 0.840. The Labute approximate surface area is 126 Å². The molecule has 1 aliphatic heterocycles. The van der Waals surface area contributed by atoms with Crippen LogP contribution in [0.3, 0.4) is 0 Å². The molecule has 21 heavy (non-hydrogen) atoms. The Morgan fingerprint density at radius 3 is 2.86 bits per heavy atom. The van der Waals surface area contributed by atoms with Gasteiger partial charge in [-0.1, -0.05) is 6.42 Å². The molecule has 1 atom stereocenters. The Balaban J connectivity index is 1.77. The van der Waals surface area contributed by atoms with Crippen molar-refractivity contribution in [3.63, 3.8) is 0 Å². The maximum absolute atomic E-state index is 12.2. The van der Waals surface area contributed by atoms with Gasteiger partial charge in [0.2, 0.25) is 5.91 Å². The van der Waals surface area contributed by atoms with Crippen LogP contribution >= 0.6 is 0 Å². The highest BCUT2D eigenvalue weighted by molar-refractivity contribution is 5.77. The van der Waals surface area contributed by atoms with Crippen molar-refractivity contribution >= 4 is 11.6 Å². The van der Waals surface area contributed by atoms with E-state index in [0.29, 0.717) is 18.0 Å². The first-order valence-corrected chi connectivity index (χ1v) is 7.81. The monoisotopic (exact) mass is 288 g/mol. The van der Waals surface area contributed by atoms with E-state index in [2.05, 4.69) is 19.2 Å². The molecule has 1 saturated carbocycles. The highest BCUT2D eigenvalue weighted by atomic mass is 16.5. The highest BCUT2D eigenvalue weighted by Gasteiger charge is 2.35. The molecule has 0 spiro atoms. The number of carbonyl (C=O) groups is 1. The molecule has 1 heterocycles. The smallest absolute Gasteiger partial charge is 0.220 e. The van der Waals surface area contributed by atoms with Crippen LogP contribution in [0.15, 0.2) is 18.2 Å². The summed E-state index contributed by atoms with van der Waals surface area (Å²) in [5, 5.41) is 3.18. The summed E-state index contributed by atoms with van der Waals surface area (Å²) >= 11 is 0. The summed E-state index contributed by atoms with van der Waals surface area (Å²) in [5.41, 5.74) is 7.31. The number of nitrogens with one attached hydrogen (secondary N) is 1. The normalized spacial score (nSPS) is 23.6. The van der Waals surface area contributed by atoms with Crippen molar-refractivity contribution in [2.24, 2.45) is 5.92 Å². The van der Waals surface area contributed by atoms with Crippen molar-refractivity contribution in [3.8, 4) is 5.75 Å². The second kappa shape index (κ2) is 5.24. The summed E-state index contributed by atoms with van der Waals surface area (Å²) in [6.07, 6.45) is 5.06. The molecule has 3 N–H and O–H groups in total. The molecule has 4 heteroatoms. The van der Waals surface area contributed by atoms with Crippen LogP contribution < -0.4 is 15.8 Å². The van der Waals surface area contributed by atoms with Crippen LogP contribution in [0.5, 0.6) is 5.75 Å². The first-order valence-electron chi connectivity index (χ1n) is 7.81. The van der Waals surface area contributed by atoms with Crippen molar-refractivity contribution in [1.82, 2.24) is 5.32 Å². The van der Waals surface area contributed by atoms with Gasteiger partial charge in [-0.3, -0.25) is 4.79 Å². The van der Waals surface area contributed by atoms with Gasteiger partial charge in [0.1, 0.15) is 11.4 Å². The molecule has 1 fully saturated rings. The van der Waals surface area contributed by atoms with Gasteiger partial charge in [0.15, 0.2) is 0 Å². The fourth-order valence-electron chi connectivity index (χ4n) is 3.21. The van der Waals surface area contributed by atoms with Gasteiger partial charge in [-0.15, -0.1) is 0 Å². The molecule has 0 saturated heterocycles. The number of hydrogen-bond acceptors (Lipinski definition) is 3. The summed E-state index contributed by atoms with van der Waals surface area (Å²) in [6, 6.07) is 5.64. The average molecular weight is 288 g/mol. The van der Waals surface area contributed by atoms with Crippen molar-refractivity contribution < 1.29 is 9.53 Å². The number of anilines is 1. The van der Waals surface area contributed by atoms with Gasteiger partial charge >= 0.3 is 0 Å². The van der Waals surface area contributed by atoms with Gasteiger partial charge in [-0.05, 0) is 50.8 Å². The lowest BCUT2D eigenvalue weighted by molar-refractivity contribution is -0.123. The minimum atomic E-state index is -0.280. The molecule has 1 unspecified atom stereocenters. The maximum atomic E-state index is 12.2. The predicted octanol–water partition coefficient (Wildman–Crippen LogP) is 3.18. The Hall–Kier alpha value is -1.71. The third kappa shape index (κ3) is 3.14. The largest absolute Gasteiger partial charge is 0.487 e. The van der Waals surface area contributed by atoms with Crippen LogP contribution in [0.25, 0.3) is 0 Å². The SMILES string of the molecule is CC1(C)CC(NC(=O)CC2CCC2)c2cc(N)ccc2O1. The Kier molecular flexibility index (Phi) is 3.56. The zero-order valence-electron chi connectivity index (χ0n) is 12.8. The number of carbonyl (C=O) groups excluding carboxylic acids is 1. The first kappa shape index (κ1) is 14.2. The number of nitrogens with two attached hydrogens (primary N) is 1. The fourth-order valence-corrected chi connectivity index (χ4v) is 3.21. The van der Waals surface area contributed by atoms with E-state index in [1.54, 1.807) is 0 Å². The number of fused-ring (bicyclic) bond motifs is 1. The van der Waals surface area contributed by atoms with Crippen molar-refractivity contribution in [2.45, 2.75) is 57.6 Å². The summed E-state index contributed by atoms with van der Waals surface area (Å²) in [7, 11) is 0. The number of rotatable bonds is 3. The van der Waals surface area contributed by atoms with E-state index in [9.17, 15) is 4.79 Å². The average Bonchev–Trinajstić information content (AvgIpc) is 2.34. The number of amides is 1. The molecule has 0 aromatic heterocycles. The standard InChI is InChI=1S/C17H24N2O2/c1-17(2)10-14(19-16(20)8-11-4-3-5-11)13-9-12(18)6-7-15(13)21-17/h6-7,9,11,14H,3-5,8,10,18H2,1-2H3,(H,19,20). The molecule has 0 radical (unpaired) electrons. The van der Waals surface area contributed by atoms with E-state index >= 15 is 0 Å². The van der Waals surface area contributed by atoms with Gasteiger partial charge in [-0.2, -0.15) is 0 Å². The van der Waals surface area contributed by atoms with Gasteiger partial charge in [0, 0.05) is 24.1 Å². The molecule has 1 amide bonds. The van der Waals surface area contributed by atoms with E-state index in [-0.39, 0.29) is 17.6 Å². The van der Waals surface area contributed by atoms with E-state index in [0.717, 1.165) is 17.7 Å². The second-order valence-electron chi connectivity index (χ2n) is 6.98. The molecule has 114 valence electrons. The first-order chi connectivity index (χ1) is 9.93. The summed E-state index contributed by atoms with van der Waals surface area (Å²) in [4.78, 5) is 12.2. The van der Waals surface area contributed by atoms with Gasteiger partial charge in [0.05, 0.1) is 6.04 Å². The van der Waals surface area contributed by atoms with Crippen molar-refractivity contribution in [2.75, 3.05) is 5.73 Å². The number of benzene rings is 1. The molecule has 1 aromatic rings. The molecule has 2 aliphatic rings. The maximum Gasteiger partial charge on any atom is 0.220 e. The van der Waals surface area contributed by atoms with E-state index in [4.69, 9.17) is 10.5 Å². The fraction of sp³-hybridized carbons (Fsp3) is 0.588. The second-order valence-corrected chi connectivity index (χ2v) is 6.98. The molecule has 1 aliphatic carbocycles. The minimum Gasteiger partial charge on any atom is -0.487 e. The zero-order valence-corrected chi connectivity index (χ0v) is 12.8. The van der Waals surface area contributed by atoms with E-state index in [1.807, 2.05) is 18.2 Å². The van der Waals surface area contributed by atoms with Crippen LogP contribution in [0.4, 0.5) is 5.69 Å². The van der Waals surface area contributed by atoms with Gasteiger partial charge in [0.25, 0.3) is 0 Å². The molecule has 4 nitrogen and oxygen atoms in total.